The van der Waals surface area contributed by atoms with Crippen LogP contribution in [0.3, 0.4) is 0 Å². The molecule has 2 fully saturated rings. The van der Waals surface area contributed by atoms with Crippen molar-refractivity contribution in [2.24, 2.45) is 5.92 Å². The van der Waals surface area contributed by atoms with Gasteiger partial charge in [0, 0.05) is 32.0 Å². The minimum atomic E-state index is 0.125. The first kappa shape index (κ1) is 16.4. The Kier molecular flexibility index (Phi) is 5.62. The predicted molar refractivity (Wildman–Crippen MR) is 86.8 cm³/mol. The summed E-state index contributed by atoms with van der Waals surface area (Å²) >= 11 is 0. The lowest BCUT2D eigenvalue weighted by Gasteiger charge is -2.37. The van der Waals surface area contributed by atoms with E-state index in [-0.39, 0.29) is 30.6 Å². The summed E-state index contributed by atoms with van der Waals surface area (Å²) in [6.45, 7) is 1.52. The number of carbonyl (C=O) groups excluding carboxylic acids is 1. The van der Waals surface area contributed by atoms with E-state index in [0.29, 0.717) is 19.6 Å². The lowest BCUT2D eigenvalue weighted by molar-refractivity contribution is -0.144. The second-order valence-corrected chi connectivity index (χ2v) is 6.65. The number of ether oxygens (including phenoxy) is 1. The van der Waals surface area contributed by atoms with Crippen molar-refractivity contribution in [3.8, 4) is 0 Å². The minimum Gasteiger partial charge on any atom is -0.396 e. The number of amides is 1. The highest BCUT2D eigenvalue weighted by atomic mass is 16.5. The van der Waals surface area contributed by atoms with E-state index in [1.165, 1.54) is 5.56 Å². The Hall–Kier alpha value is -1.46. The van der Waals surface area contributed by atoms with Crippen LogP contribution in [0.1, 0.15) is 37.7 Å². The van der Waals surface area contributed by atoms with Crippen molar-refractivity contribution in [2.45, 2.75) is 50.7 Å². The number of fused-ring (bicyclic) bond motifs is 1. The zero-order valence-electron chi connectivity index (χ0n) is 13.6. The molecule has 1 aliphatic heterocycles. The molecule has 1 N–H and O–H groups in total. The molecule has 1 saturated carbocycles. The molecule has 1 aromatic heterocycles. The van der Waals surface area contributed by atoms with Gasteiger partial charge in [-0.3, -0.25) is 9.78 Å². The van der Waals surface area contributed by atoms with Crippen LogP contribution in [-0.4, -0.2) is 52.8 Å². The van der Waals surface area contributed by atoms with Crippen molar-refractivity contribution in [3.63, 3.8) is 0 Å². The van der Waals surface area contributed by atoms with Crippen molar-refractivity contribution < 1.29 is 14.6 Å². The summed E-state index contributed by atoms with van der Waals surface area (Å²) in [4.78, 5) is 18.7. The molecule has 2 heterocycles. The molecule has 1 amide bonds. The Morgan fingerprint density at radius 3 is 3.09 bits per heavy atom. The van der Waals surface area contributed by atoms with Crippen LogP contribution in [-0.2, 0) is 16.0 Å². The lowest BCUT2D eigenvalue weighted by Crippen LogP contribution is -2.51. The summed E-state index contributed by atoms with van der Waals surface area (Å²) in [6.07, 6.45) is 9.05. The number of rotatable bonds is 6. The molecule has 1 aliphatic carbocycles. The number of carbonyl (C=O) groups is 1. The normalized spacial score (nSPS) is 27.0. The van der Waals surface area contributed by atoms with Crippen molar-refractivity contribution in [1.29, 1.82) is 0 Å². The van der Waals surface area contributed by atoms with Gasteiger partial charge in [0.15, 0.2) is 0 Å². The van der Waals surface area contributed by atoms with E-state index < -0.39 is 0 Å². The summed E-state index contributed by atoms with van der Waals surface area (Å²) in [5.74, 6) is 0.525. The Morgan fingerprint density at radius 2 is 2.30 bits per heavy atom. The molecule has 5 nitrogen and oxygen atoms in total. The Morgan fingerprint density at radius 1 is 1.39 bits per heavy atom. The highest BCUT2D eigenvalue weighted by Gasteiger charge is 2.42. The van der Waals surface area contributed by atoms with Crippen LogP contribution >= 0.6 is 0 Å². The van der Waals surface area contributed by atoms with E-state index >= 15 is 0 Å². The van der Waals surface area contributed by atoms with Gasteiger partial charge >= 0.3 is 0 Å². The fourth-order valence-electron chi connectivity index (χ4n) is 3.80. The number of hydrogen-bond donors (Lipinski definition) is 1. The van der Waals surface area contributed by atoms with E-state index in [1.54, 1.807) is 6.20 Å². The van der Waals surface area contributed by atoms with Gasteiger partial charge in [0.05, 0.1) is 18.8 Å². The highest BCUT2D eigenvalue weighted by Crippen LogP contribution is 2.34. The van der Waals surface area contributed by atoms with Crippen molar-refractivity contribution in [1.82, 2.24) is 9.88 Å². The molecule has 1 saturated heterocycles. The molecule has 23 heavy (non-hydrogen) atoms. The van der Waals surface area contributed by atoms with Crippen LogP contribution in [0.2, 0.25) is 0 Å². The minimum absolute atomic E-state index is 0.125. The SMILES string of the molecule is O=C(CCCCc1cccnc1)N1CCOC2C[C@H](CO)C[C@@H]21. The van der Waals surface area contributed by atoms with Crippen molar-refractivity contribution in [3.05, 3.63) is 30.1 Å². The van der Waals surface area contributed by atoms with Gasteiger partial charge in [0.2, 0.25) is 5.91 Å². The molecule has 2 aliphatic rings. The van der Waals surface area contributed by atoms with Crippen LogP contribution in [0.15, 0.2) is 24.5 Å². The van der Waals surface area contributed by atoms with Gasteiger partial charge in [-0.05, 0) is 49.7 Å². The van der Waals surface area contributed by atoms with Crippen LogP contribution in [0.4, 0.5) is 0 Å². The summed E-state index contributed by atoms with van der Waals surface area (Å²) in [7, 11) is 0. The van der Waals surface area contributed by atoms with Crippen LogP contribution in [0.25, 0.3) is 0 Å². The summed E-state index contributed by atoms with van der Waals surface area (Å²) in [5.41, 5.74) is 1.23. The van der Waals surface area contributed by atoms with Crippen LogP contribution in [0, 0.1) is 5.92 Å². The molecule has 1 aromatic rings. The molecule has 0 radical (unpaired) electrons. The van der Waals surface area contributed by atoms with Crippen LogP contribution in [0.5, 0.6) is 0 Å². The molecule has 0 spiro atoms. The van der Waals surface area contributed by atoms with E-state index in [2.05, 4.69) is 11.1 Å². The summed E-state index contributed by atoms with van der Waals surface area (Å²) < 4.78 is 5.79. The zero-order chi connectivity index (χ0) is 16.1. The zero-order valence-corrected chi connectivity index (χ0v) is 13.6. The average molecular weight is 318 g/mol. The van der Waals surface area contributed by atoms with Crippen molar-refractivity contribution >= 4 is 5.91 Å². The maximum absolute atomic E-state index is 12.5. The quantitative estimate of drug-likeness (QED) is 0.812. The topological polar surface area (TPSA) is 62.7 Å². The highest BCUT2D eigenvalue weighted by molar-refractivity contribution is 5.76. The van der Waals surface area contributed by atoms with Gasteiger partial charge < -0.3 is 14.7 Å². The monoisotopic (exact) mass is 318 g/mol. The maximum atomic E-state index is 12.5. The predicted octanol–water partition coefficient (Wildman–Crippen LogP) is 1.79. The van der Waals surface area contributed by atoms with E-state index in [4.69, 9.17) is 4.74 Å². The number of unbranched alkanes of at least 4 members (excludes halogenated alkanes) is 1. The van der Waals surface area contributed by atoms with Gasteiger partial charge in [-0.1, -0.05) is 6.07 Å². The third-order valence-electron chi connectivity index (χ3n) is 5.04. The van der Waals surface area contributed by atoms with Gasteiger partial charge in [0.25, 0.3) is 0 Å². The molecule has 3 atom stereocenters. The van der Waals surface area contributed by atoms with E-state index in [9.17, 15) is 9.90 Å². The third-order valence-corrected chi connectivity index (χ3v) is 5.04. The first-order chi connectivity index (χ1) is 11.3. The number of hydrogen-bond acceptors (Lipinski definition) is 4. The van der Waals surface area contributed by atoms with Gasteiger partial charge in [-0.2, -0.15) is 0 Å². The standard InChI is InChI=1S/C18H26N2O3/c21-13-15-10-16-17(11-15)23-9-8-20(16)18(22)6-2-1-4-14-5-3-7-19-12-14/h3,5,7,12,15-17,21H,1-2,4,6,8-11,13H2/t15-,16+,17?/m1/s1. The fraction of sp³-hybridized carbons (Fsp3) is 0.667. The first-order valence-corrected chi connectivity index (χ1v) is 8.68. The number of aliphatic hydroxyl groups excluding tert-OH is 1. The van der Waals surface area contributed by atoms with E-state index in [0.717, 1.165) is 32.1 Å². The number of aryl methyl sites for hydroxylation is 1. The molecular formula is C18H26N2O3. The number of pyridine rings is 1. The Bertz CT molecular complexity index is 508. The first-order valence-electron chi connectivity index (χ1n) is 8.68. The molecule has 0 aromatic carbocycles. The average Bonchev–Trinajstić information content (AvgIpc) is 3.02. The molecule has 0 bridgehead atoms. The summed E-state index contributed by atoms with van der Waals surface area (Å²) in [5, 5.41) is 9.36. The largest absolute Gasteiger partial charge is 0.396 e. The number of morpholine rings is 1. The second-order valence-electron chi connectivity index (χ2n) is 6.65. The molecular weight excluding hydrogens is 292 g/mol. The smallest absolute Gasteiger partial charge is 0.222 e. The van der Waals surface area contributed by atoms with E-state index in [1.807, 2.05) is 17.2 Å². The van der Waals surface area contributed by atoms with Gasteiger partial charge in [-0.25, -0.2) is 0 Å². The molecule has 5 heteroatoms. The maximum Gasteiger partial charge on any atom is 0.222 e. The van der Waals surface area contributed by atoms with Crippen molar-refractivity contribution in [2.75, 3.05) is 19.8 Å². The lowest BCUT2D eigenvalue weighted by atomic mass is 10.1. The Balaban J connectivity index is 1.44. The molecule has 126 valence electrons. The number of aromatic nitrogens is 1. The summed E-state index contributed by atoms with van der Waals surface area (Å²) in [6, 6.07) is 4.20. The Labute approximate surface area is 137 Å². The second kappa shape index (κ2) is 7.88. The number of aliphatic hydroxyl groups is 1. The fourth-order valence-corrected chi connectivity index (χ4v) is 3.80. The number of nitrogens with zero attached hydrogens (tertiary/aromatic N) is 2. The molecule has 3 rings (SSSR count). The van der Waals surface area contributed by atoms with Gasteiger partial charge in [-0.15, -0.1) is 0 Å². The van der Waals surface area contributed by atoms with Gasteiger partial charge in [0.1, 0.15) is 0 Å². The third kappa shape index (κ3) is 4.09. The molecule has 1 unspecified atom stereocenters. The van der Waals surface area contributed by atoms with Crippen LogP contribution < -0.4 is 0 Å².